The molecular weight excluding hydrogens is 316 g/mol. The van der Waals surface area contributed by atoms with Crippen molar-refractivity contribution in [2.24, 2.45) is 0 Å². The Balaban J connectivity index is 1.82. The van der Waals surface area contributed by atoms with E-state index >= 15 is 0 Å². The van der Waals surface area contributed by atoms with Crippen molar-refractivity contribution in [1.82, 2.24) is 39.7 Å². The lowest BCUT2D eigenvalue weighted by atomic mass is 10.3. The summed E-state index contributed by atoms with van der Waals surface area (Å²) in [5.41, 5.74) is 3.80. The van der Waals surface area contributed by atoms with Crippen molar-refractivity contribution in [3.05, 3.63) is 54.9 Å². The van der Waals surface area contributed by atoms with Crippen molar-refractivity contribution >= 4 is 22.1 Å². The van der Waals surface area contributed by atoms with Crippen LogP contribution in [0, 0.1) is 6.92 Å². The first-order valence-electron chi connectivity index (χ1n) is 7.73. The van der Waals surface area contributed by atoms with Crippen LogP contribution in [-0.4, -0.2) is 39.7 Å². The molecule has 0 atom stereocenters. The molecule has 0 radical (unpaired) electrons. The molecule has 8 nitrogen and oxygen atoms in total. The molecule has 1 N–H and O–H groups in total. The summed E-state index contributed by atoms with van der Waals surface area (Å²) in [4.78, 5) is 25.3. The third kappa shape index (κ3) is 2.15. The van der Waals surface area contributed by atoms with Crippen LogP contribution in [0.15, 0.2) is 49.2 Å². The zero-order valence-electron chi connectivity index (χ0n) is 13.2. The second kappa shape index (κ2) is 5.17. The van der Waals surface area contributed by atoms with Crippen LogP contribution in [0.1, 0.15) is 5.69 Å². The van der Waals surface area contributed by atoms with Crippen LogP contribution in [0.4, 0.5) is 0 Å². The summed E-state index contributed by atoms with van der Waals surface area (Å²) in [6.07, 6.45) is 6.86. The second-order valence-corrected chi connectivity index (χ2v) is 5.63. The van der Waals surface area contributed by atoms with Gasteiger partial charge in [-0.1, -0.05) is 6.07 Å². The van der Waals surface area contributed by atoms with E-state index in [9.17, 15) is 0 Å². The van der Waals surface area contributed by atoms with Gasteiger partial charge in [-0.3, -0.25) is 4.98 Å². The summed E-state index contributed by atoms with van der Waals surface area (Å²) in [7, 11) is 0. The van der Waals surface area contributed by atoms with Crippen molar-refractivity contribution in [3.63, 3.8) is 0 Å². The van der Waals surface area contributed by atoms with Crippen molar-refractivity contribution in [1.29, 1.82) is 0 Å². The molecule has 5 aromatic rings. The summed E-state index contributed by atoms with van der Waals surface area (Å²) in [6.45, 7) is 1.94. The Kier molecular flexibility index (Phi) is 2.84. The van der Waals surface area contributed by atoms with Crippen molar-refractivity contribution in [2.75, 3.05) is 0 Å². The van der Waals surface area contributed by atoms with E-state index in [0.29, 0.717) is 28.5 Å². The van der Waals surface area contributed by atoms with Gasteiger partial charge in [-0.15, -0.1) is 0 Å². The average molecular weight is 328 g/mol. The smallest absolute Gasteiger partial charge is 0.186 e. The minimum Gasteiger partial charge on any atom is -0.329 e. The molecule has 0 aliphatic carbocycles. The van der Waals surface area contributed by atoms with Gasteiger partial charge in [-0.05, 0) is 25.1 Å². The van der Waals surface area contributed by atoms with E-state index in [0.717, 1.165) is 16.6 Å². The molecule has 0 spiro atoms. The highest BCUT2D eigenvalue weighted by Crippen LogP contribution is 2.23. The fourth-order valence-electron chi connectivity index (χ4n) is 2.79. The summed E-state index contributed by atoms with van der Waals surface area (Å²) < 4.78 is 1.75. The standard InChI is InChI=1S/C17H12N8/c1-10-3-2-4-12(22-10)15-23-16-14(19-9-20-16)17(24-15)25-13-5-6-18-7-11(13)8-21-25/h2-9H,1H3,(H,19,20,23,24). The Morgan fingerprint density at radius 1 is 1.04 bits per heavy atom. The van der Waals surface area contributed by atoms with Gasteiger partial charge in [-0.25, -0.2) is 24.6 Å². The highest BCUT2D eigenvalue weighted by Gasteiger charge is 2.16. The maximum absolute atomic E-state index is 4.70. The summed E-state index contributed by atoms with van der Waals surface area (Å²) in [5, 5.41) is 5.39. The van der Waals surface area contributed by atoms with Crippen LogP contribution in [0.25, 0.3) is 39.4 Å². The maximum atomic E-state index is 4.70. The number of nitrogens with zero attached hydrogens (tertiary/aromatic N) is 7. The van der Waals surface area contributed by atoms with Crippen LogP contribution in [0.3, 0.4) is 0 Å². The van der Waals surface area contributed by atoms with Crippen LogP contribution in [0.2, 0.25) is 0 Å². The zero-order valence-corrected chi connectivity index (χ0v) is 13.2. The number of hydrogen-bond acceptors (Lipinski definition) is 6. The van der Waals surface area contributed by atoms with Gasteiger partial charge in [0.2, 0.25) is 0 Å². The molecule has 0 fully saturated rings. The molecule has 0 bridgehead atoms. The van der Waals surface area contributed by atoms with E-state index in [1.54, 1.807) is 29.6 Å². The van der Waals surface area contributed by atoms with E-state index in [-0.39, 0.29) is 0 Å². The predicted molar refractivity (Wildman–Crippen MR) is 92.1 cm³/mol. The lowest BCUT2D eigenvalue weighted by Crippen LogP contribution is -2.04. The molecule has 0 unspecified atom stereocenters. The number of pyridine rings is 2. The van der Waals surface area contributed by atoms with E-state index in [1.807, 2.05) is 31.2 Å². The van der Waals surface area contributed by atoms with Gasteiger partial charge in [0.1, 0.15) is 5.69 Å². The molecular formula is C17H12N8. The number of imidazole rings is 1. The first-order chi connectivity index (χ1) is 12.3. The molecule has 5 heterocycles. The maximum Gasteiger partial charge on any atom is 0.186 e. The van der Waals surface area contributed by atoms with Crippen molar-refractivity contribution in [2.45, 2.75) is 6.92 Å². The van der Waals surface area contributed by atoms with Crippen molar-refractivity contribution in [3.8, 4) is 17.3 Å². The van der Waals surface area contributed by atoms with Crippen LogP contribution in [-0.2, 0) is 0 Å². The first kappa shape index (κ1) is 13.7. The van der Waals surface area contributed by atoms with E-state index in [4.69, 9.17) is 4.98 Å². The molecule has 0 aromatic carbocycles. The third-order valence-corrected chi connectivity index (χ3v) is 3.95. The monoisotopic (exact) mass is 328 g/mol. The average Bonchev–Trinajstić information content (AvgIpc) is 3.27. The second-order valence-electron chi connectivity index (χ2n) is 5.63. The molecule has 0 aliphatic heterocycles. The van der Waals surface area contributed by atoms with Gasteiger partial charge >= 0.3 is 0 Å². The number of aryl methyl sites for hydroxylation is 1. The SMILES string of the molecule is Cc1cccc(-c2nc(-n3ncc4cnccc43)c3nc[nH]c3n2)n1. The fraction of sp³-hybridized carbons (Fsp3) is 0.0588. The van der Waals surface area contributed by atoms with Crippen LogP contribution in [0.5, 0.6) is 0 Å². The topological polar surface area (TPSA) is 98.1 Å². The van der Waals surface area contributed by atoms with Gasteiger partial charge in [-0.2, -0.15) is 5.10 Å². The normalized spacial score (nSPS) is 11.4. The third-order valence-electron chi connectivity index (χ3n) is 3.95. The number of aromatic amines is 1. The Morgan fingerprint density at radius 2 is 2.00 bits per heavy atom. The summed E-state index contributed by atoms with van der Waals surface area (Å²) in [5.74, 6) is 1.12. The van der Waals surface area contributed by atoms with Crippen LogP contribution < -0.4 is 0 Å². The molecule has 5 aromatic heterocycles. The molecule has 5 rings (SSSR count). The zero-order chi connectivity index (χ0) is 16.8. The lowest BCUT2D eigenvalue weighted by molar-refractivity contribution is 0.876. The number of nitrogens with one attached hydrogen (secondary N) is 1. The van der Waals surface area contributed by atoms with Gasteiger partial charge in [0, 0.05) is 23.5 Å². The van der Waals surface area contributed by atoms with Crippen molar-refractivity contribution < 1.29 is 0 Å². The Bertz CT molecular complexity index is 1220. The van der Waals surface area contributed by atoms with Gasteiger partial charge in [0.05, 0.1) is 18.0 Å². The predicted octanol–water partition coefficient (Wildman–Crippen LogP) is 2.46. The summed E-state index contributed by atoms with van der Waals surface area (Å²) in [6, 6.07) is 7.66. The first-order valence-corrected chi connectivity index (χ1v) is 7.73. The molecule has 120 valence electrons. The number of fused-ring (bicyclic) bond motifs is 2. The highest BCUT2D eigenvalue weighted by atomic mass is 15.3. The number of rotatable bonds is 2. The van der Waals surface area contributed by atoms with E-state index in [2.05, 4.69) is 30.0 Å². The minimum absolute atomic E-state index is 0.521. The fourth-order valence-corrected chi connectivity index (χ4v) is 2.79. The quantitative estimate of drug-likeness (QED) is 0.534. The molecule has 8 heteroatoms. The number of aromatic nitrogens is 8. The van der Waals surface area contributed by atoms with Crippen LogP contribution >= 0.6 is 0 Å². The van der Waals surface area contributed by atoms with Gasteiger partial charge < -0.3 is 4.98 Å². The Morgan fingerprint density at radius 3 is 2.92 bits per heavy atom. The number of hydrogen-bond donors (Lipinski definition) is 1. The molecule has 0 saturated carbocycles. The molecule has 25 heavy (non-hydrogen) atoms. The minimum atomic E-state index is 0.521. The van der Waals surface area contributed by atoms with E-state index < -0.39 is 0 Å². The van der Waals surface area contributed by atoms with E-state index in [1.165, 1.54) is 0 Å². The largest absolute Gasteiger partial charge is 0.329 e. The molecule has 0 aliphatic rings. The van der Waals surface area contributed by atoms with Gasteiger partial charge in [0.15, 0.2) is 22.8 Å². The van der Waals surface area contributed by atoms with Gasteiger partial charge in [0.25, 0.3) is 0 Å². The molecule has 0 saturated heterocycles. The Labute approximate surface area is 141 Å². The Hall–Kier alpha value is -3.68. The lowest BCUT2D eigenvalue weighted by Gasteiger charge is -2.06. The number of H-pyrrole nitrogens is 1. The molecule has 0 amide bonds. The highest BCUT2D eigenvalue weighted by molar-refractivity contribution is 5.85. The summed E-state index contributed by atoms with van der Waals surface area (Å²) >= 11 is 0.